The third kappa shape index (κ3) is 3.22. The second-order valence-corrected chi connectivity index (χ2v) is 4.84. The van der Waals surface area contributed by atoms with E-state index < -0.39 is 28.9 Å². The molecule has 1 N–H and O–H groups in total. The summed E-state index contributed by atoms with van der Waals surface area (Å²) in [5.74, 6) is -3.74. The Balaban J connectivity index is 1.51. The van der Waals surface area contributed by atoms with Gasteiger partial charge < -0.3 is 19.5 Å². The maximum absolute atomic E-state index is 13.5. The number of hydrogen-bond acceptors (Lipinski definition) is 4. The summed E-state index contributed by atoms with van der Waals surface area (Å²) in [5, 5.41) is 2.36. The first-order chi connectivity index (χ1) is 11.6. The lowest BCUT2D eigenvalue weighted by atomic mass is 10.2. The summed E-state index contributed by atoms with van der Waals surface area (Å²) in [7, 11) is 0. The van der Waals surface area contributed by atoms with E-state index in [0.717, 1.165) is 6.07 Å². The molecule has 2 aromatic carbocycles. The molecule has 1 aliphatic rings. The molecule has 0 bridgehead atoms. The molecule has 2 aromatic rings. The Labute approximate surface area is 134 Å². The predicted molar refractivity (Wildman–Crippen MR) is 76.7 cm³/mol. The summed E-state index contributed by atoms with van der Waals surface area (Å²) in [6, 6.07) is 6.56. The van der Waals surface area contributed by atoms with Crippen molar-refractivity contribution in [1.29, 1.82) is 0 Å². The highest BCUT2D eigenvalue weighted by atomic mass is 19.2. The van der Waals surface area contributed by atoms with Gasteiger partial charge in [0.1, 0.15) is 12.4 Å². The Morgan fingerprint density at radius 1 is 1.08 bits per heavy atom. The standard InChI is InChI=1S/C16H12F3NO4/c17-11-3-2-10(14(18)15(11)19)16(21)20-5-6-22-9-1-4-12-13(7-9)24-8-23-12/h1-4,7H,5-6,8H2,(H,20,21). The molecule has 0 unspecified atom stereocenters. The zero-order valence-electron chi connectivity index (χ0n) is 12.3. The van der Waals surface area contributed by atoms with Crippen LogP contribution in [0.5, 0.6) is 17.2 Å². The fourth-order valence-corrected chi connectivity index (χ4v) is 2.10. The number of carbonyl (C=O) groups is 1. The van der Waals surface area contributed by atoms with Crippen molar-refractivity contribution in [3.8, 4) is 17.2 Å². The van der Waals surface area contributed by atoms with Gasteiger partial charge in [-0.25, -0.2) is 13.2 Å². The molecule has 0 saturated heterocycles. The van der Waals surface area contributed by atoms with E-state index in [1.165, 1.54) is 0 Å². The van der Waals surface area contributed by atoms with Gasteiger partial charge in [0, 0.05) is 6.07 Å². The van der Waals surface area contributed by atoms with Gasteiger partial charge in [-0.2, -0.15) is 0 Å². The molecule has 0 aliphatic carbocycles. The van der Waals surface area contributed by atoms with Crippen LogP contribution < -0.4 is 19.5 Å². The normalized spacial score (nSPS) is 12.1. The van der Waals surface area contributed by atoms with Gasteiger partial charge in [0.15, 0.2) is 29.0 Å². The van der Waals surface area contributed by atoms with Crippen molar-refractivity contribution >= 4 is 5.91 Å². The molecule has 0 aromatic heterocycles. The second-order valence-electron chi connectivity index (χ2n) is 4.84. The van der Waals surface area contributed by atoms with Gasteiger partial charge in [0.25, 0.3) is 5.91 Å². The second kappa shape index (κ2) is 6.69. The molecular formula is C16H12F3NO4. The van der Waals surface area contributed by atoms with Gasteiger partial charge >= 0.3 is 0 Å². The Hall–Kier alpha value is -2.90. The molecule has 3 rings (SSSR count). The number of amides is 1. The molecule has 1 heterocycles. The van der Waals surface area contributed by atoms with Crippen LogP contribution >= 0.6 is 0 Å². The molecule has 24 heavy (non-hydrogen) atoms. The van der Waals surface area contributed by atoms with Crippen molar-refractivity contribution < 1.29 is 32.2 Å². The molecule has 0 fully saturated rings. The fraction of sp³-hybridized carbons (Fsp3) is 0.188. The molecule has 0 radical (unpaired) electrons. The monoisotopic (exact) mass is 339 g/mol. The van der Waals surface area contributed by atoms with E-state index >= 15 is 0 Å². The van der Waals surface area contributed by atoms with Gasteiger partial charge in [0.05, 0.1) is 12.1 Å². The van der Waals surface area contributed by atoms with Crippen LogP contribution in [0.2, 0.25) is 0 Å². The molecule has 1 aliphatic heterocycles. The molecule has 0 atom stereocenters. The average molecular weight is 339 g/mol. The van der Waals surface area contributed by atoms with E-state index in [2.05, 4.69) is 5.32 Å². The van der Waals surface area contributed by atoms with Crippen molar-refractivity contribution in [2.75, 3.05) is 19.9 Å². The molecule has 126 valence electrons. The minimum atomic E-state index is -1.68. The highest BCUT2D eigenvalue weighted by Gasteiger charge is 2.18. The van der Waals surface area contributed by atoms with Gasteiger partial charge in [-0.15, -0.1) is 0 Å². The van der Waals surface area contributed by atoms with E-state index in [1.807, 2.05) is 0 Å². The number of fused-ring (bicyclic) bond motifs is 1. The van der Waals surface area contributed by atoms with Crippen molar-refractivity contribution in [2.24, 2.45) is 0 Å². The molecule has 0 saturated carbocycles. The van der Waals surface area contributed by atoms with Gasteiger partial charge in [-0.1, -0.05) is 0 Å². The maximum atomic E-state index is 13.5. The number of carbonyl (C=O) groups excluding carboxylic acids is 1. The first-order valence-corrected chi connectivity index (χ1v) is 7.00. The summed E-state index contributed by atoms with van der Waals surface area (Å²) in [6.45, 7) is 0.289. The average Bonchev–Trinajstić information content (AvgIpc) is 3.04. The van der Waals surface area contributed by atoms with E-state index in [1.54, 1.807) is 18.2 Å². The zero-order chi connectivity index (χ0) is 17.1. The van der Waals surface area contributed by atoms with Gasteiger partial charge in [0.2, 0.25) is 6.79 Å². The SMILES string of the molecule is O=C(NCCOc1ccc2c(c1)OCO2)c1ccc(F)c(F)c1F. The van der Waals surface area contributed by atoms with Crippen LogP contribution in [0.4, 0.5) is 13.2 Å². The highest BCUT2D eigenvalue weighted by molar-refractivity contribution is 5.94. The Kier molecular flexibility index (Phi) is 4.45. The van der Waals surface area contributed by atoms with Crippen molar-refractivity contribution in [2.45, 2.75) is 0 Å². The minimum absolute atomic E-state index is 0.0473. The number of nitrogens with one attached hydrogen (secondary N) is 1. The topological polar surface area (TPSA) is 56.8 Å². The number of ether oxygens (including phenoxy) is 3. The first kappa shape index (κ1) is 16.0. The smallest absolute Gasteiger partial charge is 0.254 e. The summed E-state index contributed by atoms with van der Waals surface area (Å²) < 4.78 is 55.2. The Morgan fingerprint density at radius 2 is 1.88 bits per heavy atom. The zero-order valence-corrected chi connectivity index (χ0v) is 12.3. The highest BCUT2D eigenvalue weighted by Crippen LogP contribution is 2.34. The van der Waals surface area contributed by atoms with Crippen molar-refractivity contribution in [3.63, 3.8) is 0 Å². The van der Waals surface area contributed by atoms with Crippen LogP contribution in [0.15, 0.2) is 30.3 Å². The van der Waals surface area contributed by atoms with E-state index in [0.29, 0.717) is 23.3 Å². The molecule has 0 spiro atoms. The lowest BCUT2D eigenvalue weighted by Gasteiger charge is -2.09. The van der Waals surface area contributed by atoms with Crippen LogP contribution in [0, 0.1) is 17.5 Å². The summed E-state index contributed by atoms with van der Waals surface area (Å²) in [5.41, 5.74) is -0.572. The van der Waals surface area contributed by atoms with E-state index in [-0.39, 0.29) is 19.9 Å². The summed E-state index contributed by atoms with van der Waals surface area (Å²) >= 11 is 0. The third-order valence-corrected chi connectivity index (χ3v) is 3.28. The predicted octanol–water partition coefficient (Wildman–Crippen LogP) is 2.64. The van der Waals surface area contributed by atoms with Crippen LogP contribution in [0.1, 0.15) is 10.4 Å². The van der Waals surface area contributed by atoms with Crippen molar-refractivity contribution in [1.82, 2.24) is 5.32 Å². The Bertz CT molecular complexity index is 782. The van der Waals surface area contributed by atoms with Crippen LogP contribution in [0.25, 0.3) is 0 Å². The van der Waals surface area contributed by atoms with Gasteiger partial charge in [-0.05, 0) is 24.3 Å². The van der Waals surface area contributed by atoms with Crippen LogP contribution in [-0.4, -0.2) is 25.9 Å². The largest absolute Gasteiger partial charge is 0.492 e. The molecule has 8 heteroatoms. The minimum Gasteiger partial charge on any atom is -0.492 e. The molecule has 5 nitrogen and oxygen atoms in total. The van der Waals surface area contributed by atoms with E-state index in [9.17, 15) is 18.0 Å². The number of benzene rings is 2. The van der Waals surface area contributed by atoms with Crippen LogP contribution in [0.3, 0.4) is 0 Å². The van der Waals surface area contributed by atoms with E-state index in [4.69, 9.17) is 14.2 Å². The van der Waals surface area contributed by atoms with Crippen LogP contribution in [-0.2, 0) is 0 Å². The molecular weight excluding hydrogens is 327 g/mol. The third-order valence-electron chi connectivity index (χ3n) is 3.28. The summed E-state index contributed by atoms with van der Waals surface area (Å²) in [6.07, 6.45) is 0. The molecule has 1 amide bonds. The maximum Gasteiger partial charge on any atom is 0.254 e. The lowest BCUT2D eigenvalue weighted by Crippen LogP contribution is -2.29. The first-order valence-electron chi connectivity index (χ1n) is 7.00. The quantitative estimate of drug-likeness (QED) is 0.672. The number of halogens is 3. The number of hydrogen-bond donors (Lipinski definition) is 1. The lowest BCUT2D eigenvalue weighted by molar-refractivity contribution is 0.0941. The Morgan fingerprint density at radius 3 is 2.71 bits per heavy atom. The fourth-order valence-electron chi connectivity index (χ4n) is 2.10. The van der Waals surface area contributed by atoms with Crippen molar-refractivity contribution in [3.05, 3.63) is 53.3 Å². The summed E-state index contributed by atoms with van der Waals surface area (Å²) in [4.78, 5) is 11.8. The number of rotatable bonds is 5. The van der Waals surface area contributed by atoms with Gasteiger partial charge in [-0.3, -0.25) is 4.79 Å².